The first-order valence-corrected chi connectivity index (χ1v) is 9.55. The maximum Gasteiger partial charge on any atom is -0.000741 e. The zero-order valence-corrected chi connectivity index (χ0v) is 15.2. The van der Waals surface area contributed by atoms with Gasteiger partial charge in [0.15, 0.2) is 0 Å². The molecule has 0 unspecified atom stereocenters. The predicted molar refractivity (Wildman–Crippen MR) is 120 cm³/mol. The summed E-state index contributed by atoms with van der Waals surface area (Å²) in [5, 5.41) is 9.77. The van der Waals surface area contributed by atoms with Gasteiger partial charge in [0.05, 0.1) is 0 Å². The highest BCUT2D eigenvalue weighted by atomic mass is 14.2. The first-order valence-electron chi connectivity index (χ1n) is 9.55. The van der Waals surface area contributed by atoms with Crippen molar-refractivity contribution in [3.63, 3.8) is 0 Å². The third-order valence-corrected chi connectivity index (χ3v) is 5.62. The molecule has 28 heavy (non-hydrogen) atoms. The van der Waals surface area contributed by atoms with Crippen LogP contribution < -0.4 is 0 Å². The molecule has 128 valence electrons. The van der Waals surface area contributed by atoms with Gasteiger partial charge < -0.3 is 0 Å². The van der Waals surface area contributed by atoms with E-state index in [-0.39, 0.29) is 0 Å². The van der Waals surface area contributed by atoms with Crippen molar-refractivity contribution in [3.8, 4) is 11.1 Å². The lowest BCUT2D eigenvalue weighted by Gasteiger charge is -2.14. The van der Waals surface area contributed by atoms with Crippen LogP contribution in [0.2, 0.25) is 0 Å². The summed E-state index contributed by atoms with van der Waals surface area (Å²) >= 11 is 0. The van der Waals surface area contributed by atoms with Gasteiger partial charge in [0, 0.05) is 0 Å². The van der Waals surface area contributed by atoms with Gasteiger partial charge in [-0.3, -0.25) is 0 Å². The molecule has 0 aliphatic carbocycles. The number of fused-ring (bicyclic) bond motifs is 6. The number of hydrogen-bond acceptors (Lipinski definition) is 0. The Balaban J connectivity index is 1.84. The first-order chi connectivity index (χ1) is 13.9. The molecule has 6 aromatic carbocycles. The smallest absolute Gasteiger partial charge is 0.000741 e. The van der Waals surface area contributed by atoms with Crippen molar-refractivity contribution in [2.75, 3.05) is 0 Å². The quantitative estimate of drug-likeness (QED) is 0.268. The van der Waals surface area contributed by atoms with Gasteiger partial charge in [-0.1, -0.05) is 97.1 Å². The van der Waals surface area contributed by atoms with E-state index in [4.69, 9.17) is 0 Å². The molecule has 0 heteroatoms. The molecule has 0 aromatic heterocycles. The molecule has 0 atom stereocenters. The molecule has 0 aliphatic rings. The average molecular weight is 352 g/mol. The van der Waals surface area contributed by atoms with E-state index in [2.05, 4.69) is 97.1 Å². The largest absolute Gasteiger partial charge is 0.0616 e. The van der Waals surface area contributed by atoms with Crippen LogP contribution >= 0.6 is 0 Å². The molecule has 2 radical (unpaired) electrons. The third kappa shape index (κ3) is 2.18. The fraction of sp³-hybridized carbons (Fsp3) is 0. The van der Waals surface area contributed by atoms with Gasteiger partial charge in [-0.2, -0.15) is 0 Å². The Labute approximate surface area is 163 Å². The highest BCUT2D eigenvalue weighted by Crippen LogP contribution is 2.39. The fourth-order valence-electron chi connectivity index (χ4n) is 4.36. The highest BCUT2D eigenvalue weighted by Gasteiger charge is 2.13. The maximum atomic E-state index is 3.73. The average Bonchev–Trinajstić information content (AvgIpc) is 2.78. The molecule has 0 nitrogen and oxygen atoms in total. The summed E-state index contributed by atoms with van der Waals surface area (Å²) in [7, 11) is 0. The van der Waals surface area contributed by atoms with E-state index in [0.29, 0.717) is 0 Å². The van der Waals surface area contributed by atoms with Crippen LogP contribution in [-0.4, -0.2) is 0 Å². The molecule has 0 saturated carbocycles. The molecule has 6 aromatic rings. The molecule has 0 heterocycles. The number of rotatable bonds is 1. The normalized spacial score (nSPS) is 11.6. The standard InChI is InChI=1S/C28H16/c1-4-12-23-19(8-1)16-17-20-10-7-15-26(28(20)23)27-18-21-9-2-3-11-22(21)24-13-5-6-14-25(24)27/h1-11,13-17H. The van der Waals surface area contributed by atoms with Crippen molar-refractivity contribution >= 4 is 43.1 Å². The fourth-order valence-corrected chi connectivity index (χ4v) is 4.36. The minimum Gasteiger partial charge on any atom is -0.0616 e. The topological polar surface area (TPSA) is 0 Å². The van der Waals surface area contributed by atoms with Crippen LogP contribution in [0.5, 0.6) is 0 Å². The summed E-state index contributed by atoms with van der Waals surface area (Å²) in [5.41, 5.74) is 2.37. The van der Waals surface area contributed by atoms with Crippen molar-refractivity contribution in [2.45, 2.75) is 0 Å². The lowest BCUT2D eigenvalue weighted by Crippen LogP contribution is -1.88. The van der Waals surface area contributed by atoms with Gasteiger partial charge in [-0.05, 0) is 66.3 Å². The van der Waals surface area contributed by atoms with Gasteiger partial charge in [-0.15, -0.1) is 0 Å². The number of hydrogen-bond donors (Lipinski definition) is 0. The van der Waals surface area contributed by atoms with E-state index in [1.165, 1.54) is 43.3 Å². The summed E-state index contributed by atoms with van der Waals surface area (Å²) in [5.74, 6) is 0. The maximum absolute atomic E-state index is 3.73. The zero-order chi connectivity index (χ0) is 18.5. The van der Waals surface area contributed by atoms with Gasteiger partial charge in [0.1, 0.15) is 0 Å². The summed E-state index contributed by atoms with van der Waals surface area (Å²) < 4.78 is 0. The zero-order valence-electron chi connectivity index (χ0n) is 15.2. The Bertz CT molecular complexity index is 1500. The van der Waals surface area contributed by atoms with Crippen molar-refractivity contribution in [2.24, 2.45) is 0 Å². The monoisotopic (exact) mass is 352 g/mol. The Morgan fingerprint density at radius 2 is 1.29 bits per heavy atom. The van der Waals surface area contributed by atoms with Crippen molar-refractivity contribution in [3.05, 3.63) is 109 Å². The van der Waals surface area contributed by atoms with Gasteiger partial charge in [-0.25, -0.2) is 0 Å². The molecule has 6 rings (SSSR count). The van der Waals surface area contributed by atoms with Crippen LogP contribution in [0.15, 0.2) is 97.1 Å². The molecule has 0 N–H and O–H groups in total. The number of benzene rings is 6. The van der Waals surface area contributed by atoms with Crippen molar-refractivity contribution in [1.82, 2.24) is 0 Å². The second kappa shape index (κ2) is 5.94. The summed E-state index contributed by atoms with van der Waals surface area (Å²) in [4.78, 5) is 0. The lowest BCUT2D eigenvalue weighted by atomic mass is 9.89. The molecule has 0 fully saturated rings. The second-order valence-electron chi connectivity index (χ2n) is 7.19. The second-order valence-corrected chi connectivity index (χ2v) is 7.19. The Kier molecular flexibility index (Phi) is 3.27. The van der Waals surface area contributed by atoms with Crippen molar-refractivity contribution < 1.29 is 0 Å². The van der Waals surface area contributed by atoms with E-state index < -0.39 is 0 Å². The Morgan fingerprint density at radius 1 is 0.536 bits per heavy atom. The molecule has 0 saturated heterocycles. The molecule has 0 aliphatic heterocycles. The Morgan fingerprint density at radius 3 is 2.21 bits per heavy atom. The molecule has 0 amide bonds. The summed E-state index contributed by atoms with van der Waals surface area (Å²) in [6, 6.07) is 41.5. The van der Waals surface area contributed by atoms with E-state index in [1.54, 1.807) is 0 Å². The van der Waals surface area contributed by atoms with E-state index in [9.17, 15) is 0 Å². The van der Waals surface area contributed by atoms with E-state index in [1.807, 2.05) is 12.1 Å². The SMILES string of the molecule is [c]1c(-c2cccc3ccc4ccc[c]c4c23)c2ccccc2c2ccccc12. The van der Waals surface area contributed by atoms with Crippen LogP contribution in [0.1, 0.15) is 0 Å². The predicted octanol–water partition coefficient (Wildman–Crippen LogP) is 7.57. The van der Waals surface area contributed by atoms with Crippen LogP contribution in [0.4, 0.5) is 0 Å². The summed E-state index contributed by atoms with van der Waals surface area (Å²) in [6.07, 6.45) is 0. The van der Waals surface area contributed by atoms with Gasteiger partial charge in [0.2, 0.25) is 0 Å². The van der Waals surface area contributed by atoms with Crippen LogP contribution in [0.3, 0.4) is 0 Å². The Hall–Kier alpha value is -3.64. The van der Waals surface area contributed by atoms with Gasteiger partial charge >= 0.3 is 0 Å². The van der Waals surface area contributed by atoms with Crippen LogP contribution in [-0.2, 0) is 0 Å². The minimum absolute atomic E-state index is 1.15. The molecular weight excluding hydrogens is 336 g/mol. The van der Waals surface area contributed by atoms with Crippen molar-refractivity contribution in [1.29, 1.82) is 0 Å². The first kappa shape index (κ1) is 15.4. The van der Waals surface area contributed by atoms with Crippen LogP contribution in [0.25, 0.3) is 54.2 Å². The lowest BCUT2D eigenvalue weighted by molar-refractivity contribution is 1.70. The molecule has 0 spiro atoms. The highest BCUT2D eigenvalue weighted by molar-refractivity contribution is 6.20. The third-order valence-electron chi connectivity index (χ3n) is 5.62. The van der Waals surface area contributed by atoms with Gasteiger partial charge in [0.25, 0.3) is 0 Å². The summed E-state index contributed by atoms with van der Waals surface area (Å²) in [6.45, 7) is 0. The molecule has 0 bridgehead atoms. The van der Waals surface area contributed by atoms with E-state index in [0.717, 1.165) is 10.9 Å². The molecular formula is C28H16. The van der Waals surface area contributed by atoms with E-state index >= 15 is 0 Å². The van der Waals surface area contributed by atoms with Crippen LogP contribution in [0, 0.1) is 12.1 Å². The minimum atomic E-state index is 1.15.